The number of carbonyl (C=O) groups is 1. The summed E-state index contributed by atoms with van der Waals surface area (Å²) in [5.41, 5.74) is 8.44. The van der Waals surface area contributed by atoms with Gasteiger partial charge in [-0.15, -0.1) is 37.2 Å². The molecule has 0 aromatic carbocycles. The summed E-state index contributed by atoms with van der Waals surface area (Å²) in [6.45, 7) is 6.30. The van der Waals surface area contributed by atoms with Crippen molar-refractivity contribution in [3.8, 4) is 0 Å². The van der Waals surface area contributed by atoms with Crippen molar-refractivity contribution >= 4 is 49.0 Å². The Morgan fingerprint density at radius 1 is 1.38 bits per heavy atom. The number of anilines is 1. The van der Waals surface area contributed by atoms with Gasteiger partial charge in [-0.3, -0.25) is 4.79 Å². The third kappa shape index (κ3) is 8.46. The molecule has 6 nitrogen and oxygen atoms in total. The molecule has 1 fully saturated rings. The van der Waals surface area contributed by atoms with E-state index in [0.29, 0.717) is 18.9 Å². The fraction of sp³-hybridized carbons (Fsp3) is 0.700. The van der Waals surface area contributed by atoms with Crippen LogP contribution in [0.3, 0.4) is 0 Å². The summed E-state index contributed by atoms with van der Waals surface area (Å²) < 4.78 is 4.97. The topological polar surface area (TPSA) is 80.5 Å². The Bertz CT molecular complexity index is 621. The number of ether oxygens (including phenoxy) is 1. The fourth-order valence-electron chi connectivity index (χ4n) is 3.90. The first kappa shape index (κ1) is 28.2. The number of halogens is 3. The minimum Gasteiger partial charge on any atom is -0.465 e. The quantitative estimate of drug-likeness (QED) is 0.569. The Kier molecular flexibility index (Phi) is 13.9. The van der Waals surface area contributed by atoms with Gasteiger partial charge in [0.15, 0.2) is 0 Å². The van der Waals surface area contributed by atoms with Crippen LogP contribution >= 0.6 is 37.2 Å². The minimum atomic E-state index is -0.499. The molecule has 1 aromatic rings. The van der Waals surface area contributed by atoms with E-state index in [0.717, 1.165) is 44.8 Å². The van der Waals surface area contributed by atoms with Crippen molar-refractivity contribution in [3.05, 3.63) is 23.4 Å². The molecule has 2 atom stereocenters. The molecule has 0 spiro atoms. The van der Waals surface area contributed by atoms with Gasteiger partial charge in [-0.05, 0) is 69.5 Å². The number of likely N-dealkylation sites (tertiary alicyclic amines) is 1. The molecular formula is C20H35Cl3N4O2. The van der Waals surface area contributed by atoms with Crippen LogP contribution in [0.25, 0.3) is 0 Å². The van der Waals surface area contributed by atoms with Crippen molar-refractivity contribution in [2.24, 2.45) is 11.7 Å². The lowest BCUT2D eigenvalue weighted by atomic mass is 10.00. The number of rotatable bonds is 8. The van der Waals surface area contributed by atoms with Crippen molar-refractivity contribution in [2.75, 3.05) is 38.1 Å². The van der Waals surface area contributed by atoms with Gasteiger partial charge in [-0.25, -0.2) is 4.98 Å². The van der Waals surface area contributed by atoms with Crippen LogP contribution in [0.15, 0.2) is 12.1 Å². The average molecular weight is 470 g/mol. The highest BCUT2D eigenvalue weighted by atomic mass is 35.5. The van der Waals surface area contributed by atoms with Gasteiger partial charge in [-0.1, -0.05) is 6.07 Å². The summed E-state index contributed by atoms with van der Waals surface area (Å²) in [4.78, 5) is 18.8. The Labute approximate surface area is 192 Å². The second-order valence-corrected chi connectivity index (χ2v) is 7.48. The molecule has 9 heteroatoms. The van der Waals surface area contributed by atoms with E-state index in [1.54, 1.807) is 0 Å². The molecule has 0 radical (unpaired) electrons. The number of nitrogens with one attached hydrogen (secondary N) is 1. The Balaban J connectivity index is 0.00000261. The molecule has 3 heterocycles. The standard InChI is InChI=1S/C20H32N4O2.3ClH/c1-2-26-20(25)18(21)10-13-24-12-9-15(14-24)5-7-17-8-6-16-4-3-11-22-19(16)23-17;;;/h6,8,15,18H,2-5,7,9-14,21H2,1H3,(H,22,23);3*1H/t15-,18+;;;/m1.../s1. The molecule has 168 valence electrons. The van der Waals surface area contributed by atoms with Gasteiger partial charge in [0.25, 0.3) is 0 Å². The van der Waals surface area contributed by atoms with Crippen LogP contribution in [0.2, 0.25) is 0 Å². The van der Waals surface area contributed by atoms with Gasteiger partial charge >= 0.3 is 5.97 Å². The van der Waals surface area contributed by atoms with Gasteiger partial charge in [-0.2, -0.15) is 0 Å². The zero-order valence-electron chi connectivity index (χ0n) is 17.1. The number of carbonyl (C=O) groups excluding carboxylic acids is 1. The third-order valence-corrected chi connectivity index (χ3v) is 5.48. The van der Waals surface area contributed by atoms with Crippen LogP contribution in [0.4, 0.5) is 5.82 Å². The van der Waals surface area contributed by atoms with Crippen LogP contribution < -0.4 is 11.1 Å². The molecule has 1 aromatic heterocycles. The van der Waals surface area contributed by atoms with Gasteiger partial charge in [0.2, 0.25) is 0 Å². The zero-order chi connectivity index (χ0) is 18.4. The number of pyridine rings is 1. The number of hydrogen-bond donors (Lipinski definition) is 2. The predicted molar refractivity (Wildman–Crippen MR) is 125 cm³/mol. The molecule has 0 bridgehead atoms. The number of esters is 1. The molecule has 0 unspecified atom stereocenters. The predicted octanol–water partition coefficient (Wildman–Crippen LogP) is 3.24. The summed E-state index contributed by atoms with van der Waals surface area (Å²) in [7, 11) is 0. The first-order valence-electron chi connectivity index (χ1n) is 10.0. The van der Waals surface area contributed by atoms with Crippen LogP contribution in [0.5, 0.6) is 0 Å². The van der Waals surface area contributed by atoms with E-state index >= 15 is 0 Å². The number of nitrogens with zero attached hydrogens (tertiary/aromatic N) is 2. The lowest BCUT2D eigenvalue weighted by Crippen LogP contribution is -2.36. The lowest BCUT2D eigenvalue weighted by molar-refractivity contribution is -0.144. The van der Waals surface area contributed by atoms with Crippen LogP contribution in [-0.4, -0.2) is 54.7 Å². The summed E-state index contributed by atoms with van der Waals surface area (Å²) in [5, 5.41) is 3.41. The summed E-state index contributed by atoms with van der Waals surface area (Å²) in [5.74, 6) is 1.52. The molecule has 3 N–H and O–H groups in total. The average Bonchev–Trinajstić information content (AvgIpc) is 3.12. The smallest absolute Gasteiger partial charge is 0.322 e. The zero-order valence-corrected chi connectivity index (χ0v) is 19.6. The summed E-state index contributed by atoms with van der Waals surface area (Å²) >= 11 is 0. The molecule has 0 saturated carbocycles. The van der Waals surface area contributed by atoms with Crippen LogP contribution in [0.1, 0.15) is 43.9 Å². The molecule has 0 aliphatic carbocycles. The van der Waals surface area contributed by atoms with E-state index in [-0.39, 0.29) is 43.2 Å². The highest BCUT2D eigenvalue weighted by molar-refractivity contribution is 5.86. The molecule has 29 heavy (non-hydrogen) atoms. The first-order chi connectivity index (χ1) is 12.7. The number of aryl methyl sites for hydroxylation is 2. The van der Waals surface area contributed by atoms with Crippen LogP contribution in [-0.2, 0) is 22.4 Å². The molecule has 2 aliphatic rings. The maximum atomic E-state index is 11.6. The number of nitrogens with two attached hydrogens (primary N) is 1. The van der Waals surface area contributed by atoms with Crippen LogP contribution in [0, 0.1) is 5.92 Å². The van der Waals surface area contributed by atoms with E-state index in [9.17, 15) is 4.79 Å². The molecule has 0 amide bonds. The maximum absolute atomic E-state index is 11.6. The van der Waals surface area contributed by atoms with Gasteiger partial charge in [0, 0.05) is 25.3 Å². The van der Waals surface area contributed by atoms with E-state index in [4.69, 9.17) is 15.5 Å². The van der Waals surface area contributed by atoms with E-state index in [1.807, 2.05) is 6.92 Å². The highest BCUT2D eigenvalue weighted by Gasteiger charge is 2.24. The number of fused-ring (bicyclic) bond motifs is 1. The summed E-state index contributed by atoms with van der Waals surface area (Å²) in [6, 6.07) is 3.93. The van der Waals surface area contributed by atoms with Gasteiger partial charge < -0.3 is 20.7 Å². The van der Waals surface area contributed by atoms with Gasteiger partial charge in [0.1, 0.15) is 11.9 Å². The van der Waals surface area contributed by atoms with E-state index in [1.165, 1.54) is 30.5 Å². The molecular weight excluding hydrogens is 435 g/mol. The Morgan fingerprint density at radius 3 is 2.93 bits per heavy atom. The SMILES string of the molecule is CCOC(=O)[C@@H](N)CCN1CC[C@@H](CCc2ccc3c(n2)NCCC3)C1.Cl.Cl.Cl. The monoisotopic (exact) mass is 468 g/mol. The van der Waals surface area contributed by atoms with Crippen molar-refractivity contribution < 1.29 is 9.53 Å². The molecule has 1 saturated heterocycles. The normalized spacial score (nSPS) is 18.9. The van der Waals surface area contributed by atoms with E-state index < -0.39 is 6.04 Å². The molecule has 3 rings (SSSR count). The second kappa shape index (κ2) is 14.3. The number of aromatic nitrogens is 1. The van der Waals surface area contributed by atoms with E-state index in [2.05, 4.69) is 22.3 Å². The third-order valence-electron chi connectivity index (χ3n) is 5.48. The minimum absolute atomic E-state index is 0. The van der Waals surface area contributed by atoms with Crippen molar-refractivity contribution in [2.45, 2.75) is 51.5 Å². The van der Waals surface area contributed by atoms with Crippen molar-refractivity contribution in [3.63, 3.8) is 0 Å². The highest BCUT2D eigenvalue weighted by Crippen LogP contribution is 2.24. The largest absolute Gasteiger partial charge is 0.465 e. The van der Waals surface area contributed by atoms with Gasteiger partial charge in [0.05, 0.1) is 6.61 Å². The Hall–Kier alpha value is -0.790. The van der Waals surface area contributed by atoms with Crippen molar-refractivity contribution in [1.82, 2.24) is 9.88 Å². The summed E-state index contributed by atoms with van der Waals surface area (Å²) in [6.07, 6.45) is 6.44. The van der Waals surface area contributed by atoms with Crippen molar-refractivity contribution in [1.29, 1.82) is 0 Å². The molecule has 2 aliphatic heterocycles. The second-order valence-electron chi connectivity index (χ2n) is 7.48. The first-order valence-corrected chi connectivity index (χ1v) is 10.0. The maximum Gasteiger partial charge on any atom is 0.322 e. The number of hydrogen-bond acceptors (Lipinski definition) is 6. The fourth-order valence-corrected chi connectivity index (χ4v) is 3.90. The Morgan fingerprint density at radius 2 is 2.17 bits per heavy atom. The lowest BCUT2D eigenvalue weighted by Gasteiger charge is -2.19.